The Hall–Kier alpha value is -0.860. The van der Waals surface area contributed by atoms with E-state index in [0.29, 0.717) is 0 Å². The number of aliphatic hydroxyl groups is 1. The van der Waals surface area contributed by atoms with Crippen molar-refractivity contribution in [3.05, 3.63) is 34.7 Å². The summed E-state index contributed by atoms with van der Waals surface area (Å²) in [6, 6.07) is 8.39. The number of aryl methyl sites for hydroxylation is 1. The molecule has 0 amide bonds. The van der Waals surface area contributed by atoms with Crippen LogP contribution in [0, 0.1) is 0 Å². The second-order valence-corrected chi connectivity index (χ2v) is 4.98. The third kappa shape index (κ3) is 1.11. The standard InChI is InChI=1S/C12H12OS/c13-9-5-3-7-11-12(9)8-4-1-2-6-10(8)14-11/h1-2,4,6,9,13H,3,5,7H2. The lowest BCUT2D eigenvalue weighted by Gasteiger charge is -2.17. The van der Waals surface area contributed by atoms with Gasteiger partial charge in [-0.1, -0.05) is 18.2 Å². The minimum Gasteiger partial charge on any atom is -0.388 e. The topological polar surface area (TPSA) is 20.2 Å². The zero-order valence-electron chi connectivity index (χ0n) is 7.86. The molecule has 1 aliphatic rings. The quantitative estimate of drug-likeness (QED) is 0.698. The molecule has 0 bridgehead atoms. The summed E-state index contributed by atoms with van der Waals surface area (Å²) < 4.78 is 1.32. The van der Waals surface area contributed by atoms with Crippen LogP contribution in [-0.2, 0) is 6.42 Å². The van der Waals surface area contributed by atoms with Gasteiger partial charge in [-0.05, 0) is 30.7 Å². The van der Waals surface area contributed by atoms with E-state index in [1.165, 1.54) is 20.5 Å². The fourth-order valence-electron chi connectivity index (χ4n) is 2.27. The number of rotatable bonds is 0. The highest BCUT2D eigenvalue weighted by Gasteiger charge is 2.22. The summed E-state index contributed by atoms with van der Waals surface area (Å²) in [5.74, 6) is 0. The SMILES string of the molecule is OC1CCCc2sc3ccccc3c21. The molecule has 1 nitrogen and oxygen atoms in total. The van der Waals surface area contributed by atoms with Crippen LogP contribution < -0.4 is 0 Å². The van der Waals surface area contributed by atoms with E-state index in [0.717, 1.165) is 19.3 Å². The predicted octanol–water partition coefficient (Wildman–Crippen LogP) is 3.27. The van der Waals surface area contributed by atoms with Gasteiger partial charge < -0.3 is 5.11 Å². The van der Waals surface area contributed by atoms with Gasteiger partial charge in [0.1, 0.15) is 0 Å². The monoisotopic (exact) mass is 204 g/mol. The highest BCUT2D eigenvalue weighted by molar-refractivity contribution is 7.19. The Morgan fingerprint density at radius 2 is 2.14 bits per heavy atom. The third-order valence-electron chi connectivity index (χ3n) is 2.93. The molecular formula is C12H12OS. The fourth-order valence-corrected chi connectivity index (χ4v) is 3.57. The number of hydrogen-bond acceptors (Lipinski definition) is 2. The summed E-state index contributed by atoms with van der Waals surface area (Å²) in [6.07, 6.45) is 2.97. The summed E-state index contributed by atoms with van der Waals surface area (Å²) in [6.45, 7) is 0. The van der Waals surface area contributed by atoms with Gasteiger partial charge in [0, 0.05) is 15.1 Å². The highest BCUT2D eigenvalue weighted by atomic mass is 32.1. The molecule has 0 saturated heterocycles. The Morgan fingerprint density at radius 1 is 1.29 bits per heavy atom. The van der Waals surface area contributed by atoms with E-state index < -0.39 is 0 Å². The van der Waals surface area contributed by atoms with Gasteiger partial charge in [-0.25, -0.2) is 0 Å². The minimum atomic E-state index is -0.227. The molecule has 1 aromatic carbocycles. The van der Waals surface area contributed by atoms with Crippen molar-refractivity contribution in [2.45, 2.75) is 25.4 Å². The molecule has 0 spiro atoms. The van der Waals surface area contributed by atoms with Crippen LogP contribution in [0.1, 0.15) is 29.4 Å². The summed E-state index contributed by atoms with van der Waals surface area (Å²) in [5.41, 5.74) is 1.21. The molecule has 1 unspecified atom stereocenters. The van der Waals surface area contributed by atoms with Gasteiger partial charge >= 0.3 is 0 Å². The lowest BCUT2D eigenvalue weighted by molar-refractivity contribution is 0.159. The summed E-state index contributed by atoms with van der Waals surface area (Å²) >= 11 is 1.84. The lowest BCUT2D eigenvalue weighted by atomic mass is 9.94. The van der Waals surface area contributed by atoms with Crippen LogP contribution in [0.25, 0.3) is 10.1 Å². The van der Waals surface area contributed by atoms with Crippen LogP contribution >= 0.6 is 11.3 Å². The van der Waals surface area contributed by atoms with Crippen molar-refractivity contribution in [2.24, 2.45) is 0 Å². The zero-order chi connectivity index (χ0) is 9.54. The van der Waals surface area contributed by atoms with E-state index in [1.807, 2.05) is 11.3 Å². The van der Waals surface area contributed by atoms with Crippen molar-refractivity contribution in [1.82, 2.24) is 0 Å². The van der Waals surface area contributed by atoms with E-state index in [-0.39, 0.29) is 6.10 Å². The van der Waals surface area contributed by atoms with E-state index in [9.17, 15) is 5.11 Å². The van der Waals surface area contributed by atoms with Crippen LogP contribution in [0.2, 0.25) is 0 Å². The van der Waals surface area contributed by atoms with E-state index in [2.05, 4.69) is 24.3 Å². The number of aliphatic hydroxyl groups excluding tert-OH is 1. The van der Waals surface area contributed by atoms with Crippen molar-refractivity contribution < 1.29 is 5.11 Å². The first-order valence-corrected chi connectivity index (χ1v) is 5.86. The highest BCUT2D eigenvalue weighted by Crippen LogP contribution is 2.40. The lowest BCUT2D eigenvalue weighted by Crippen LogP contribution is -2.05. The Morgan fingerprint density at radius 3 is 3.07 bits per heavy atom. The maximum absolute atomic E-state index is 9.95. The van der Waals surface area contributed by atoms with E-state index in [4.69, 9.17) is 0 Å². The Bertz CT molecular complexity index is 472. The second-order valence-electron chi connectivity index (χ2n) is 3.84. The first-order chi connectivity index (χ1) is 6.86. The molecule has 1 aromatic heterocycles. The molecule has 1 aliphatic carbocycles. The molecule has 0 saturated carbocycles. The molecule has 0 aliphatic heterocycles. The van der Waals surface area contributed by atoms with Gasteiger partial charge in [-0.15, -0.1) is 11.3 Å². The van der Waals surface area contributed by atoms with E-state index >= 15 is 0 Å². The predicted molar refractivity (Wildman–Crippen MR) is 59.7 cm³/mol. The van der Waals surface area contributed by atoms with Gasteiger partial charge in [0.2, 0.25) is 0 Å². The number of thiophene rings is 1. The van der Waals surface area contributed by atoms with Crippen molar-refractivity contribution in [1.29, 1.82) is 0 Å². The minimum absolute atomic E-state index is 0.227. The number of benzene rings is 1. The van der Waals surface area contributed by atoms with Crippen molar-refractivity contribution in [3.63, 3.8) is 0 Å². The molecule has 1 N–H and O–H groups in total. The van der Waals surface area contributed by atoms with Crippen LogP contribution in [0.3, 0.4) is 0 Å². The Labute approximate surface area is 87.0 Å². The molecule has 1 atom stereocenters. The molecule has 1 heterocycles. The van der Waals surface area contributed by atoms with E-state index in [1.54, 1.807) is 0 Å². The molecule has 0 radical (unpaired) electrons. The maximum atomic E-state index is 9.95. The largest absolute Gasteiger partial charge is 0.388 e. The van der Waals surface area contributed by atoms with Gasteiger partial charge in [0.15, 0.2) is 0 Å². The number of fused-ring (bicyclic) bond motifs is 3. The average molecular weight is 204 g/mol. The van der Waals surface area contributed by atoms with Crippen molar-refractivity contribution in [2.75, 3.05) is 0 Å². The molecule has 0 fully saturated rings. The number of hydrogen-bond donors (Lipinski definition) is 1. The molecule has 72 valence electrons. The molecule has 3 rings (SSSR count). The summed E-state index contributed by atoms with van der Waals surface area (Å²) in [7, 11) is 0. The maximum Gasteiger partial charge on any atom is 0.0807 e. The Balaban J connectivity index is 2.34. The summed E-state index contributed by atoms with van der Waals surface area (Å²) in [4.78, 5) is 1.39. The molecule has 2 heteroatoms. The zero-order valence-corrected chi connectivity index (χ0v) is 8.68. The van der Waals surface area contributed by atoms with Crippen molar-refractivity contribution in [3.8, 4) is 0 Å². The van der Waals surface area contributed by atoms with Crippen LogP contribution in [0.15, 0.2) is 24.3 Å². The normalized spacial score (nSPS) is 21.1. The molecule has 14 heavy (non-hydrogen) atoms. The first-order valence-electron chi connectivity index (χ1n) is 5.04. The van der Waals surface area contributed by atoms with Gasteiger partial charge in [-0.3, -0.25) is 0 Å². The van der Waals surface area contributed by atoms with Crippen LogP contribution in [-0.4, -0.2) is 5.11 Å². The second kappa shape index (κ2) is 3.07. The first kappa shape index (κ1) is 8.45. The fraction of sp³-hybridized carbons (Fsp3) is 0.333. The molecule has 2 aromatic rings. The Kier molecular flexibility index (Phi) is 1.85. The van der Waals surface area contributed by atoms with Gasteiger partial charge in [0.05, 0.1) is 6.10 Å². The molecular weight excluding hydrogens is 192 g/mol. The van der Waals surface area contributed by atoms with Gasteiger partial charge in [0.25, 0.3) is 0 Å². The summed E-state index contributed by atoms with van der Waals surface area (Å²) in [5, 5.41) is 11.2. The smallest absolute Gasteiger partial charge is 0.0807 e. The van der Waals surface area contributed by atoms with Crippen LogP contribution in [0.4, 0.5) is 0 Å². The average Bonchev–Trinajstić information content (AvgIpc) is 2.57. The van der Waals surface area contributed by atoms with Crippen molar-refractivity contribution >= 4 is 21.4 Å². The van der Waals surface area contributed by atoms with Crippen LogP contribution in [0.5, 0.6) is 0 Å². The third-order valence-corrected chi connectivity index (χ3v) is 4.17. The van der Waals surface area contributed by atoms with Gasteiger partial charge in [-0.2, -0.15) is 0 Å².